The Morgan fingerprint density at radius 1 is 0.826 bits per heavy atom. The molecule has 0 spiro atoms. The molecule has 2 aromatic heterocycles. The predicted molar refractivity (Wildman–Crippen MR) is 191 cm³/mol. The van der Waals surface area contributed by atoms with Crippen molar-refractivity contribution >= 4 is 49.3 Å². The van der Waals surface area contributed by atoms with E-state index in [4.69, 9.17) is 4.98 Å². The van der Waals surface area contributed by atoms with Crippen LogP contribution >= 0.6 is 0 Å². The summed E-state index contributed by atoms with van der Waals surface area (Å²) in [5.41, 5.74) is 7.81. The predicted octanol–water partition coefficient (Wildman–Crippen LogP) is 11.3. The van der Waals surface area contributed by atoms with Crippen LogP contribution in [-0.2, 0) is 24.9 Å². The van der Waals surface area contributed by atoms with Crippen LogP contribution in [0.3, 0.4) is 0 Å². The van der Waals surface area contributed by atoms with Crippen LogP contribution in [0.4, 0.5) is 0 Å². The van der Waals surface area contributed by atoms with Gasteiger partial charge in [0.05, 0.1) is 0 Å². The standard InChI is InChI=1S/C26H19N2.C15H28O2.Ir/c1-15-10-16(2)12-18(11-15)28-22-8-4-6-19-20-7-5-9-27-26(20)21-13-17(3)14-23(28)25(21)24(19)22;1-7-14(5,8-2)12(16)11-13(17)15(6,9-3)10-4;/h4-12,14H,1-3H3;11,16H,7-10H2,1-6H3;/q-1;;/b;12-11-;. The molecule has 0 amide bonds. The number of benzene rings is 4. The maximum absolute atomic E-state index is 12.2. The molecule has 0 saturated heterocycles. The van der Waals surface area contributed by atoms with Crippen LogP contribution in [0, 0.1) is 37.7 Å². The number of fused-ring (bicyclic) bond motifs is 3. The van der Waals surface area contributed by atoms with E-state index in [1.54, 1.807) is 0 Å². The van der Waals surface area contributed by atoms with Gasteiger partial charge < -0.3 is 14.7 Å². The van der Waals surface area contributed by atoms with Crippen molar-refractivity contribution in [3.8, 4) is 5.69 Å². The average Bonchev–Trinajstić information content (AvgIpc) is 3.37. The third-order valence-electron chi connectivity index (χ3n) is 10.4. The molecule has 5 heteroatoms. The maximum Gasteiger partial charge on any atom is 0.164 e. The summed E-state index contributed by atoms with van der Waals surface area (Å²) >= 11 is 0. The van der Waals surface area contributed by atoms with E-state index in [1.165, 1.54) is 55.5 Å². The Morgan fingerprint density at radius 2 is 1.43 bits per heavy atom. The Kier molecular flexibility index (Phi) is 10.5. The Bertz CT molecular complexity index is 2020. The van der Waals surface area contributed by atoms with Crippen LogP contribution in [0.2, 0.25) is 0 Å². The second kappa shape index (κ2) is 13.7. The number of carbonyl (C=O) groups excluding carboxylic acids is 1. The van der Waals surface area contributed by atoms with Gasteiger partial charge in [-0.15, -0.1) is 23.1 Å². The minimum Gasteiger partial charge on any atom is -0.512 e. The van der Waals surface area contributed by atoms with Crippen molar-refractivity contribution in [3.05, 3.63) is 95.4 Å². The van der Waals surface area contributed by atoms with E-state index in [9.17, 15) is 9.90 Å². The van der Waals surface area contributed by atoms with E-state index in [2.05, 4.69) is 79.9 Å². The zero-order chi connectivity index (χ0) is 32.7. The molecule has 2 heterocycles. The summed E-state index contributed by atoms with van der Waals surface area (Å²) in [6, 6.07) is 23.4. The van der Waals surface area contributed by atoms with Gasteiger partial charge in [0.25, 0.3) is 0 Å². The van der Waals surface area contributed by atoms with E-state index in [0.717, 1.165) is 42.1 Å². The number of hydrogen-bond donors (Lipinski definition) is 1. The van der Waals surface area contributed by atoms with Gasteiger partial charge in [-0.25, -0.2) is 0 Å². The molecule has 0 fully saturated rings. The molecule has 0 atom stereocenters. The van der Waals surface area contributed by atoms with Gasteiger partial charge in [-0.2, -0.15) is 0 Å². The number of aryl methyl sites for hydroxylation is 3. The SMILES string of the molecule is CCC(C)(CC)C(=O)/C=C(\O)C(C)(CC)CC.Cc1[c-]c2c3ncccc3c3cccc4c3c2c(c1)n4-c1cc(C)cc(C)c1.[Ir]. The summed E-state index contributed by atoms with van der Waals surface area (Å²) in [5, 5.41) is 16.3. The molecule has 1 N–H and O–H groups in total. The van der Waals surface area contributed by atoms with Crippen molar-refractivity contribution in [3.63, 3.8) is 0 Å². The fourth-order valence-corrected chi connectivity index (χ4v) is 6.51. The fraction of sp³-hybridized carbons (Fsp3) is 0.366. The number of pyridine rings is 1. The minimum absolute atomic E-state index is 0. The Hall–Kier alpha value is -3.53. The number of aliphatic hydroxyl groups is 1. The third kappa shape index (κ3) is 6.12. The van der Waals surface area contributed by atoms with Gasteiger partial charge in [-0.1, -0.05) is 78.1 Å². The van der Waals surface area contributed by atoms with Crippen LogP contribution in [0.25, 0.3) is 49.2 Å². The van der Waals surface area contributed by atoms with E-state index >= 15 is 0 Å². The maximum atomic E-state index is 12.2. The number of aromatic nitrogens is 2. The van der Waals surface area contributed by atoms with Crippen molar-refractivity contribution in [2.45, 2.75) is 88.0 Å². The summed E-state index contributed by atoms with van der Waals surface area (Å²) in [6.45, 7) is 18.5. The molecule has 6 rings (SSSR count). The molecular formula is C41H47IrN2O2-. The topological polar surface area (TPSA) is 55.1 Å². The first-order chi connectivity index (χ1) is 21.4. The van der Waals surface area contributed by atoms with Crippen LogP contribution in [0.5, 0.6) is 0 Å². The molecule has 0 bridgehead atoms. The summed E-state index contributed by atoms with van der Waals surface area (Å²) in [4.78, 5) is 16.9. The molecule has 1 radical (unpaired) electrons. The van der Waals surface area contributed by atoms with E-state index in [-0.39, 0.29) is 42.5 Å². The van der Waals surface area contributed by atoms with Crippen molar-refractivity contribution in [2.24, 2.45) is 10.8 Å². The van der Waals surface area contributed by atoms with Crippen LogP contribution in [0.1, 0.15) is 83.9 Å². The first-order valence-corrected chi connectivity index (χ1v) is 16.4. The largest absolute Gasteiger partial charge is 0.512 e. The van der Waals surface area contributed by atoms with E-state index < -0.39 is 0 Å². The molecule has 243 valence electrons. The van der Waals surface area contributed by atoms with Crippen LogP contribution < -0.4 is 0 Å². The third-order valence-corrected chi connectivity index (χ3v) is 10.4. The smallest absolute Gasteiger partial charge is 0.164 e. The minimum atomic E-state index is -0.337. The normalized spacial score (nSPS) is 12.5. The number of rotatable bonds is 8. The van der Waals surface area contributed by atoms with Gasteiger partial charge in [0.2, 0.25) is 0 Å². The van der Waals surface area contributed by atoms with E-state index in [0.29, 0.717) is 0 Å². The Balaban J connectivity index is 0.000000234. The van der Waals surface area contributed by atoms with Crippen LogP contribution in [0.15, 0.2) is 72.6 Å². The van der Waals surface area contributed by atoms with Gasteiger partial charge in [0.1, 0.15) is 5.76 Å². The second-order valence-corrected chi connectivity index (χ2v) is 13.3. The number of hydrogen-bond acceptors (Lipinski definition) is 3. The molecule has 4 nitrogen and oxygen atoms in total. The van der Waals surface area contributed by atoms with Crippen LogP contribution in [-0.4, -0.2) is 20.4 Å². The first-order valence-electron chi connectivity index (χ1n) is 16.4. The number of nitrogens with zero attached hydrogens (tertiary/aromatic N) is 2. The van der Waals surface area contributed by atoms with Gasteiger partial charge in [0.15, 0.2) is 5.78 Å². The number of carbonyl (C=O) groups is 1. The number of allylic oxidation sites excluding steroid dienone is 2. The molecule has 0 unspecified atom stereocenters. The van der Waals surface area contributed by atoms with E-state index in [1.807, 2.05) is 53.8 Å². The van der Waals surface area contributed by atoms with Gasteiger partial charge >= 0.3 is 0 Å². The molecule has 4 aromatic carbocycles. The summed E-state index contributed by atoms with van der Waals surface area (Å²) < 4.78 is 2.41. The zero-order valence-electron chi connectivity index (χ0n) is 28.8. The number of ketones is 1. The van der Waals surface area contributed by atoms with Gasteiger partial charge in [-0.05, 0) is 102 Å². The Labute approximate surface area is 287 Å². The molecule has 6 aromatic rings. The average molecular weight is 792 g/mol. The second-order valence-electron chi connectivity index (χ2n) is 13.3. The van der Waals surface area contributed by atoms with Gasteiger partial charge in [-0.3, -0.25) is 4.79 Å². The molecule has 0 aliphatic heterocycles. The number of aliphatic hydroxyl groups excluding tert-OH is 1. The molecule has 0 aliphatic rings. The summed E-state index contributed by atoms with van der Waals surface area (Å²) in [7, 11) is 0. The Morgan fingerprint density at radius 3 is 2.04 bits per heavy atom. The quantitative estimate of drug-likeness (QED) is 0.0723. The molecule has 0 saturated carbocycles. The molecule has 0 aliphatic carbocycles. The van der Waals surface area contributed by atoms with Crippen molar-refractivity contribution in [2.75, 3.05) is 0 Å². The van der Waals surface area contributed by atoms with Crippen molar-refractivity contribution < 1.29 is 30.0 Å². The van der Waals surface area contributed by atoms with Gasteiger partial charge in [0, 0.05) is 54.4 Å². The van der Waals surface area contributed by atoms with Crippen molar-refractivity contribution in [1.82, 2.24) is 9.55 Å². The first kappa shape index (κ1) is 35.3. The van der Waals surface area contributed by atoms with Crippen molar-refractivity contribution in [1.29, 1.82) is 0 Å². The summed E-state index contributed by atoms with van der Waals surface area (Å²) in [5.74, 6) is 0.286. The summed E-state index contributed by atoms with van der Waals surface area (Å²) in [6.07, 6.45) is 6.64. The zero-order valence-corrected chi connectivity index (χ0v) is 31.2. The monoisotopic (exact) mass is 792 g/mol. The molecular weight excluding hydrogens is 745 g/mol. The molecule has 46 heavy (non-hydrogen) atoms. The fourth-order valence-electron chi connectivity index (χ4n) is 6.51.